The zero-order valence-electron chi connectivity index (χ0n) is 12.0. The number of nitro benzene ring substituents is 1. The molecule has 1 aromatic rings. The standard InChI is InChI=1S/C15H20N2O4/c1-10-5-4-7-12(17(20)21)14(10)15(19)16-9-11-6-2-3-8-13(11)18/h4-5,7,11,13,18H,2-3,6,8-9H2,1H3,(H,16,19). The predicted octanol–water partition coefficient (Wildman–Crippen LogP) is 2.18. The molecule has 6 nitrogen and oxygen atoms in total. The number of rotatable bonds is 4. The van der Waals surface area contributed by atoms with Gasteiger partial charge >= 0.3 is 0 Å². The summed E-state index contributed by atoms with van der Waals surface area (Å²) in [4.78, 5) is 22.7. The Labute approximate surface area is 123 Å². The number of aliphatic hydroxyl groups is 1. The average Bonchev–Trinajstić information content (AvgIpc) is 2.45. The maximum absolute atomic E-state index is 12.2. The summed E-state index contributed by atoms with van der Waals surface area (Å²) >= 11 is 0. The molecular formula is C15H20N2O4. The second-order valence-electron chi connectivity index (χ2n) is 5.55. The molecule has 1 saturated carbocycles. The predicted molar refractivity (Wildman–Crippen MR) is 78.1 cm³/mol. The minimum atomic E-state index is -0.544. The van der Waals surface area contributed by atoms with E-state index >= 15 is 0 Å². The maximum Gasteiger partial charge on any atom is 0.282 e. The Morgan fingerprint density at radius 1 is 1.43 bits per heavy atom. The van der Waals surface area contributed by atoms with Crippen molar-refractivity contribution in [3.05, 3.63) is 39.4 Å². The molecule has 21 heavy (non-hydrogen) atoms. The fourth-order valence-electron chi connectivity index (χ4n) is 2.84. The largest absolute Gasteiger partial charge is 0.393 e. The maximum atomic E-state index is 12.2. The Kier molecular flexibility index (Phi) is 4.90. The van der Waals surface area contributed by atoms with Gasteiger partial charge in [-0.05, 0) is 25.3 Å². The van der Waals surface area contributed by atoms with Gasteiger partial charge in [0, 0.05) is 18.5 Å². The fourth-order valence-corrected chi connectivity index (χ4v) is 2.84. The van der Waals surface area contributed by atoms with Gasteiger partial charge in [0.15, 0.2) is 0 Å². The van der Waals surface area contributed by atoms with Crippen molar-refractivity contribution in [3.63, 3.8) is 0 Å². The van der Waals surface area contributed by atoms with E-state index in [1.807, 2.05) is 0 Å². The van der Waals surface area contributed by atoms with Crippen LogP contribution in [0, 0.1) is 23.0 Å². The lowest BCUT2D eigenvalue weighted by atomic mass is 9.86. The van der Waals surface area contributed by atoms with Gasteiger partial charge in [0.1, 0.15) is 5.56 Å². The summed E-state index contributed by atoms with van der Waals surface area (Å²) in [6, 6.07) is 4.57. The molecule has 0 bridgehead atoms. The first-order valence-electron chi connectivity index (χ1n) is 7.21. The molecule has 2 atom stereocenters. The topological polar surface area (TPSA) is 92.5 Å². The number of hydrogen-bond donors (Lipinski definition) is 2. The summed E-state index contributed by atoms with van der Waals surface area (Å²) in [5.74, 6) is -0.414. The zero-order valence-corrected chi connectivity index (χ0v) is 12.0. The minimum absolute atomic E-state index is 0.0331. The first-order chi connectivity index (χ1) is 10.0. The molecule has 2 N–H and O–H groups in total. The van der Waals surface area contributed by atoms with Crippen molar-refractivity contribution in [3.8, 4) is 0 Å². The molecule has 0 spiro atoms. The van der Waals surface area contributed by atoms with Crippen LogP contribution >= 0.6 is 0 Å². The number of nitrogens with zero attached hydrogens (tertiary/aromatic N) is 1. The Hall–Kier alpha value is -1.95. The van der Waals surface area contributed by atoms with Crippen molar-refractivity contribution in [2.45, 2.75) is 38.7 Å². The van der Waals surface area contributed by atoms with E-state index in [-0.39, 0.29) is 17.2 Å². The molecule has 0 aliphatic heterocycles. The number of aliphatic hydroxyl groups excluding tert-OH is 1. The smallest absolute Gasteiger partial charge is 0.282 e. The second-order valence-corrected chi connectivity index (χ2v) is 5.55. The van der Waals surface area contributed by atoms with Crippen molar-refractivity contribution < 1.29 is 14.8 Å². The van der Waals surface area contributed by atoms with Gasteiger partial charge in [-0.3, -0.25) is 14.9 Å². The van der Waals surface area contributed by atoms with Gasteiger partial charge < -0.3 is 10.4 Å². The highest BCUT2D eigenvalue weighted by Crippen LogP contribution is 2.25. The van der Waals surface area contributed by atoms with Gasteiger partial charge in [0.25, 0.3) is 11.6 Å². The molecule has 1 fully saturated rings. The first-order valence-corrected chi connectivity index (χ1v) is 7.21. The number of carbonyl (C=O) groups excluding carboxylic acids is 1. The molecule has 2 rings (SSSR count). The van der Waals surface area contributed by atoms with Crippen molar-refractivity contribution in [2.75, 3.05) is 6.54 Å². The zero-order chi connectivity index (χ0) is 15.4. The van der Waals surface area contributed by atoms with Crippen LogP contribution in [-0.4, -0.2) is 28.6 Å². The highest BCUT2D eigenvalue weighted by molar-refractivity contribution is 5.99. The van der Waals surface area contributed by atoms with Crippen molar-refractivity contribution in [1.82, 2.24) is 5.32 Å². The third-order valence-corrected chi connectivity index (χ3v) is 4.07. The number of benzene rings is 1. The van der Waals surface area contributed by atoms with Gasteiger partial charge in [-0.25, -0.2) is 0 Å². The third kappa shape index (κ3) is 3.58. The lowest BCUT2D eigenvalue weighted by Gasteiger charge is -2.27. The van der Waals surface area contributed by atoms with E-state index in [0.29, 0.717) is 12.1 Å². The van der Waals surface area contributed by atoms with Crippen LogP contribution in [0.15, 0.2) is 18.2 Å². The van der Waals surface area contributed by atoms with Gasteiger partial charge in [-0.15, -0.1) is 0 Å². The highest BCUT2D eigenvalue weighted by Gasteiger charge is 2.26. The molecule has 0 aromatic heterocycles. The normalized spacial score (nSPS) is 21.8. The van der Waals surface area contributed by atoms with E-state index in [1.165, 1.54) is 6.07 Å². The first kappa shape index (κ1) is 15.4. The molecule has 1 aromatic carbocycles. The summed E-state index contributed by atoms with van der Waals surface area (Å²) < 4.78 is 0. The van der Waals surface area contributed by atoms with Crippen LogP contribution < -0.4 is 5.32 Å². The molecular weight excluding hydrogens is 272 g/mol. The van der Waals surface area contributed by atoms with E-state index in [4.69, 9.17) is 0 Å². The molecule has 1 aliphatic rings. The summed E-state index contributed by atoms with van der Waals surface area (Å²) in [5.41, 5.74) is 0.496. The molecule has 1 amide bonds. The van der Waals surface area contributed by atoms with E-state index in [0.717, 1.165) is 25.7 Å². The minimum Gasteiger partial charge on any atom is -0.393 e. The van der Waals surface area contributed by atoms with E-state index in [9.17, 15) is 20.0 Å². The Balaban J connectivity index is 2.08. The van der Waals surface area contributed by atoms with Crippen molar-refractivity contribution in [2.24, 2.45) is 5.92 Å². The van der Waals surface area contributed by atoms with Crippen molar-refractivity contribution in [1.29, 1.82) is 0 Å². The van der Waals surface area contributed by atoms with Crippen molar-refractivity contribution >= 4 is 11.6 Å². The summed E-state index contributed by atoms with van der Waals surface area (Å²) in [5, 5.41) is 23.6. The number of aryl methyl sites for hydroxylation is 1. The summed E-state index contributed by atoms with van der Waals surface area (Å²) in [6.45, 7) is 2.03. The fraction of sp³-hybridized carbons (Fsp3) is 0.533. The van der Waals surface area contributed by atoms with Gasteiger partial charge in [0.2, 0.25) is 0 Å². The Bertz CT molecular complexity index is 544. The SMILES string of the molecule is Cc1cccc([N+](=O)[O-])c1C(=O)NCC1CCCCC1O. The molecule has 6 heteroatoms. The van der Waals surface area contributed by atoms with E-state index < -0.39 is 16.9 Å². The monoisotopic (exact) mass is 292 g/mol. The lowest BCUT2D eigenvalue weighted by molar-refractivity contribution is -0.385. The molecule has 0 saturated heterocycles. The number of nitrogens with one attached hydrogen (secondary N) is 1. The third-order valence-electron chi connectivity index (χ3n) is 4.07. The Morgan fingerprint density at radius 2 is 2.14 bits per heavy atom. The van der Waals surface area contributed by atoms with Crippen LogP contribution in [0.5, 0.6) is 0 Å². The van der Waals surface area contributed by atoms with Crippen LogP contribution in [0.2, 0.25) is 0 Å². The number of carbonyl (C=O) groups is 1. The summed E-state index contributed by atoms with van der Waals surface area (Å²) in [7, 11) is 0. The molecule has 0 radical (unpaired) electrons. The molecule has 0 heterocycles. The van der Waals surface area contributed by atoms with Gasteiger partial charge in [-0.2, -0.15) is 0 Å². The number of amides is 1. The van der Waals surface area contributed by atoms with Crippen LogP contribution in [0.25, 0.3) is 0 Å². The lowest BCUT2D eigenvalue weighted by Crippen LogP contribution is -2.37. The molecule has 2 unspecified atom stereocenters. The molecule has 1 aliphatic carbocycles. The second kappa shape index (κ2) is 6.67. The van der Waals surface area contributed by atoms with Gasteiger partial charge in [0.05, 0.1) is 11.0 Å². The van der Waals surface area contributed by atoms with Gasteiger partial charge in [-0.1, -0.05) is 25.0 Å². The van der Waals surface area contributed by atoms with E-state index in [2.05, 4.69) is 5.32 Å². The molecule has 114 valence electrons. The van der Waals surface area contributed by atoms with Crippen LogP contribution in [-0.2, 0) is 0 Å². The quantitative estimate of drug-likeness (QED) is 0.657. The van der Waals surface area contributed by atoms with Crippen LogP contribution in [0.3, 0.4) is 0 Å². The highest BCUT2D eigenvalue weighted by atomic mass is 16.6. The Morgan fingerprint density at radius 3 is 2.81 bits per heavy atom. The number of nitro groups is 1. The van der Waals surface area contributed by atoms with Crippen LogP contribution in [0.4, 0.5) is 5.69 Å². The average molecular weight is 292 g/mol. The summed E-state index contributed by atoms with van der Waals surface area (Å²) in [6.07, 6.45) is 3.28. The number of hydrogen-bond acceptors (Lipinski definition) is 4. The van der Waals surface area contributed by atoms with Crippen LogP contribution in [0.1, 0.15) is 41.6 Å². The van der Waals surface area contributed by atoms with E-state index in [1.54, 1.807) is 19.1 Å².